The largest absolute Gasteiger partial charge is 0.434 e. The Morgan fingerprint density at radius 3 is 2.60 bits per heavy atom. The van der Waals surface area contributed by atoms with E-state index in [4.69, 9.17) is 16.3 Å². The Hall–Kier alpha value is -5.39. The van der Waals surface area contributed by atoms with Gasteiger partial charge in [-0.3, -0.25) is 9.59 Å². The fraction of sp³-hybridized carbons (Fsp3) is 0.368. The van der Waals surface area contributed by atoms with Crippen LogP contribution in [0.4, 0.5) is 14.5 Å². The van der Waals surface area contributed by atoms with Gasteiger partial charge < -0.3 is 19.9 Å². The van der Waals surface area contributed by atoms with E-state index in [2.05, 4.69) is 38.5 Å². The van der Waals surface area contributed by atoms with Gasteiger partial charge in [0.2, 0.25) is 0 Å². The Balaban J connectivity index is 1.10. The van der Waals surface area contributed by atoms with Crippen molar-refractivity contribution in [1.29, 1.82) is 5.26 Å². The van der Waals surface area contributed by atoms with E-state index in [1.807, 2.05) is 4.90 Å². The summed E-state index contributed by atoms with van der Waals surface area (Å²) in [7, 11) is 2.10. The predicted octanol–water partition coefficient (Wildman–Crippen LogP) is 7.10. The lowest BCUT2D eigenvalue weighted by atomic mass is 9.74. The molecule has 1 saturated carbocycles. The molecule has 0 bridgehead atoms. The molecular formula is C38H38ClF2N9O3. The topological polar surface area (TPSA) is 134 Å². The molecule has 1 saturated heterocycles. The fourth-order valence-corrected chi connectivity index (χ4v) is 7.62. The molecule has 274 valence electrons. The smallest absolute Gasteiger partial charge is 0.387 e. The summed E-state index contributed by atoms with van der Waals surface area (Å²) in [6.45, 7) is -1.12. The van der Waals surface area contributed by atoms with Crippen molar-refractivity contribution in [3.05, 3.63) is 89.5 Å². The van der Waals surface area contributed by atoms with Crippen LogP contribution in [0.1, 0.15) is 65.7 Å². The molecule has 7 rings (SSSR count). The maximum Gasteiger partial charge on any atom is 0.387 e. The van der Waals surface area contributed by atoms with Crippen LogP contribution in [-0.2, 0) is 0 Å². The summed E-state index contributed by atoms with van der Waals surface area (Å²) in [5, 5.41) is 21.9. The van der Waals surface area contributed by atoms with Crippen LogP contribution in [0.5, 0.6) is 5.75 Å². The molecule has 1 N–H and O–H groups in total. The van der Waals surface area contributed by atoms with Crippen molar-refractivity contribution in [2.45, 2.75) is 57.6 Å². The number of anilines is 1. The first-order valence-electron chi connectivity index (χ1n) is 17.6. The molecule has 2 amide bonds. The number of hydrogen-bond acceptors (Lipinski definition) is 8. The van der Waals surface area contributed by atoms with Crippen LogP contribution < -0.4 is 10.1 Å². The number of alkyl halides is 2. The van der Waals surface area contributed by atoms with Gasteiger partial charge in [0.25, 0.3) is 11.8 Å². The standard InChI is InChI=1S/C38H38ClF2N9O3/c1-47(24-38(23-42)14-3-2-4-15-38)27-12-18-48(19-13-27)36(52)25-6-9-28(10-7-25)50-22-31(45-35(51)30-21-44-49-17-5-16-43-34(30)49)33(46-50)29-20-26(39)8-11-32(29)53-37(40)41/h5-11,16-17,20-22,27,37H,2-4,12-15,18-19,24H2,1H3,(H,45,51). The van der Waals surface area contributed by atoms with Gasteiger partial charge in [-0.1, -0.05) is 30.9 Å². The van der Waals surface area contributed by atoms with E-state index < -0.39 is 12.5 Å². The predicted molar refractivity (Wildman–Crippen MR) is 194 cm³/mol. The van der Waals surface area contributed by atoms with Gasteiger partial charge in [-0.05, 0) is 81.3 Å². The first-order chi connectivity index (χ1) is 25.6. The molecule has 2 aliphatic rings. The molecule has 0 atom stereocenters. The lowest BCUT2D eigenvalue weighted by Gasteiger charge is -2.41. The minimum Gasteiger partial charge on any atom is -0.434 e. The highest BCUT2D eigenvalue weighted by molar-refractivity contribution is 6.31. The molecule has 5 aromatic rings. The number of carbonyl (C=O) groups excluding carboxylic acids is 2. The minimum absolute atomic E-state index is 0.0812. The molecule has 3 aromatic heterocycles. The molecule has 2 fully saturated rings. The molecule has 0 unspecified atom stereocenters. The Bertz CT molecular complexity index is 2150. The third-order valence-electron chi connectivity index (χ3n) is 10.3. The molecule has 2 aromatic carbocycles. The summed E-state index contributed by atoms with van der Waals surface area (Å²) >= 11 is 6.28. The summed E-state index contributed by atoms with van der Waals surface area (Å²) in [4.78, 5) is 35.5. The third-order valence-corrected chi connectivity index (χ3v) is 10.5. The average molecular weight is 742 g/mol. The monoisotopic (exact) mass is 741 g/mol. The van der Waals surface area contributed by atoms with Gasteiger partial charge in [0.05, 0.1) is 35.3 Å². The second-order valence-corrected chi connectivity index (χ2v) is 14.1. The van der Waals surface area contributed by atoms with E-state index in [0.29, 0.717) is 36.0 Å². The van der Waals surface area contributed by atoms with Crippen molar-refractivity contribution < 1.29 is 23.1 Å². The molecule has 53 heavy (non-hydrogen) atoms. The first-order valence-corrected chi connectivity index (χ1v) is 18.0. The van der Waals surface area contributed by atoms with Crippen molar-refractivity contribution in [1.82, 2.24) is 34.2 Å². The van der Waals surface area contributed by atoms with Crippen molar-refractivity contribution in [2.24, 2.45) is 5.41 Å². The van der Waals surface area contributed by atoms with E-state index in [0.717, 1.165) is 45.1 Å². The van der Waals surface area contributed by atoms with Crippen LogP contribution in [0.25, 0.3) is 22.6 Å². The summed E-state index contributed by atoms with van der Waals surface area (Å²) in [5.74, 6) is -0.813. The van der Waals surface area contributed by atoms with Crippen LogP contribution in [-0.4, -0.2) is 85.3 Å². The second kappa shape index (κ2) is 15.3. The average Bonchev–Trinajstić information content (AvgIpc) is 3.80. The fourth-order valence-electron chi connectivity index (χ4n) is 7.45. The molecule has 0 spiro atoms. The summed E-state index contributed by atoms with van der Waals surface area (Å²) in [6.07, 6.45) is 13.1. The highest BCUT2D eigenvalue weighted by Gasteiger charge is 2.36. The molecule has 0 radical (unpaired) electrons. The highest BCUT2D eigenvalue weighted by Crippen LogP contribution is 2.39. The van der Waals surface area contributed by atoms with E-state index in [-0.39, 0.29) is 44.6 Å². The molecule has 15 heteroatoms. The molecule has 4 heterocycles. The number of halogens is 3. The van der Waals surface area contributed by atoms with Crippen LogP contribution in [0.3, 0.4) is 0 Å². The summed E-state index contributed by atoms with van der Waals surface area (Å²) in [6, 6.07) is 15.7. The lowest BCUT2D eigenvalue weighted by molar-refractivity contribution is -0.0494. The Labute approximate surface area is 309 Å². The van der Waals surface area contributed by atoms with Crippen molar-refractivity contribution >= 4 is 34.7 Å². The van der Waals surface area contributed by atoms with Gasteiger partial charge in [-0.15, -0.1) is 0 Å². The maximum absolute atomic E-state index is 13.6. The minimum atomic E-state index is -3.12. The summed E-state index contributed by atoms with van der Waals surface area (Å²) in [5.41, 5.74) is 1.74. The number of benzene rings is 2. The zero-order chi connectivity index (χ0) is 37.1. The Morgan fingerprint density at radius 1 is 1.13 bits per heavy atom. The van der Waals surface area contributed by atoms with Crippen LogP contribution in [0.15, 0.2) is 73.3 Å². The number of ether oxygens (including phenoxy) is 1. The highest BCUT2D eigenvalue weighted by atomic mass is 35.5. The maximum atomic E-state index is 13.6. The van der Waals surface area contributed by atoms with Gasteiger partial charge in [-0.2, -0.15) is 24.2 Å². The zero-order valence-electron chi connectivity index (χ0n) is 29.1. The van der Waals surface area contributed by atoms with E-state index in [1.54, 1.807) is 42.7 Å². The number of carbonyl (C=O) groups is 2. The normalized spacial score (nSPS) is 16.2. The van der Waals surface area contributed by atoms with Crippen LogP contribution in [0, 0.1) is 16.7 Å². The lowest BCUT2D eigenvalue weighted by Crippen LogP contribution is -2.48. The Morgan fingerprint density at radius 2 is 1.89 bits per heavy atom. The number of aromatic nitrogens is 5. The molecule has 12 nitrogen and oxygen atoms in total. The molecular weight excluding hydrogens is 704 g/mol. The quantitative estimate of drug-likeness (QED) is 0.160. The SMILES string of the molecule is CN(CC1(C#N)CCCCC1)C1CCN(C(=O)c2ccc(-n3cc(NC(=O)c4cnn5cccnc45)c(-c4cc(Cl)ccc4OC(F)F)n3)cc2)CC1. The Kier molecular flexibility index (Phi) is 10.4. The van der Waals surface area contributed by atoms with Gasteiger partial charge >= 0.3 is 6.61 Å². The van der Waals surface area contributed by atoms with E-state index in [1.165, 1.54) is 46.2 Å². The first kappa shape index (κ1) is 36.0. The van der Waals surface area contributed by atoms with Gasteiger partial charge in [0.1, 0.15) is 17.0 Å². The third kappa shape index (κ3) is 7.72. The van der Waals surface area contributed by atoms with Gasteiger partial charge in [0, 0.05) is 54.2 Å². The van der Waals surface area contributed by atoms with Gasteiger partial charge in [0.15, 0.2) is 5.65 Å². The number of likely N-dealkylation sites (tertiary alicyclic amines) is 1. The number of hydrogen-bond donors (Lipinski definition) is 1. The zero-order valence-corrected chi connectivity index (χ0v) is 29.8. The number of nitrogens with zero attached hydrogens (tertiary/aromatic N) is 8. The number of rotatable bonds is 10. The van der Waals surface area contributed by atoms with Crippen molar-refractivity contribution in [2.75, 3.05) is 32.0 Å². The number of fused-ring (bicyclic) bond motifs is 1. The van der Waals surface area contributed by atoms with Crippen LogP contribution in [0.2, 0.25) is 5.02 Å². The summed E-state index contributed by atoms with van der Waals surface area (Å²) < 4.78 is 34.6. The van der Waals surface area contributed by atoms with Crippen molar-refractivity contribution in [3.8, 4) is 28.8 Å². The van der Waals surface area contributed by atoms with Crippen molar-refractivity contribution in [3.63, 3.8) is 0 Å². The number of nitrogens with one attached hydrogen (secondary N) is 1. The number of amides is 2. The number of nitriles is 1. The van der Waals surface area contributed by atoms with Gasteiger partial charge in [-0.25, -0.2) is 14.2 Å². The van der Waals surface area contributed by atoms with E-state index >= 15 is 0 Å². The second-order valence-electron chi connectivity index (χ2n) is 13.7. The van der Waals surface area contributed by atoms with Crippen LogP contribution >= 0.6 is 11.6 Å². The number of piperidine rings is 1. The molecule has 1 aliphatic heterocycles. The van der Waals surface area contributed by atoms with E-state index in [9.17, 15) is 23.6 Å². The molecule has 1 aliphatic carbocycles.